The van der Waals surface area contributed by atoms with E-state index in [1.165, 1.54) is 0 Å². The van der Waals surface area contributed by atoms with Crippen molar-refractivity contribution in [2.75, 3.05) is 7.05 Å². The van der Waals surface area contributed by atoms with Crippen molar-refractivity contribution < 1.29 is 9.90 Å². The SMILES string of the molecule is CNC(=O)Cc1ccc(C)c(O)c1. The number of phenolic OH excluding ortho intramolecular Hbond substituents is 1. The van der Waals surface area contributed by atoms with E-state index in [0.717, 1.165) is 11.1 Å². The third-order valence-electron chi connectivity index (χ3n) is 1.92. The van der Waals surface area contributed by atoms with Crippen LogP contribution in [0.4, 0.5) is 0 Å². The summed E-state index contributed by atoms with van der Waals surface area (Å²) in [6.45, 7) is 1.82. The van der Waals surface area contributed by atoms with Crippen molar-refractivity contribution in [3.05, 3.63) is 29.3 Å². The van der Waals surface area contributed by atoms with Crippen LogP contribution in [0.25, 0.3) is 0 Å². The Kier molecular flexibility index (Phi) is 2.90. The highest BCUT2D eigenvalue weighted by molar-refractivity contribution is 5.78. The molecule has 0 aliphatic rings. The number of carbonyl (C=O) groups excluding carboxylic acids is 1. The average Bonchev–Trinajstić information content (AvgIpc) is 2.11. The van der Waals surface area contributed by atoms with Crippen molar-refractivity contribution in [2.24, 2.45) is 0 Å². The van der Waals surface area contributed by atoms with E-state index in [2.05, 4.69) is 5.32 Å². The van der Waals surface area contributed by atoms with Gasteiger partial charge in [-0.1, -0.05) is 12.1 Å². The molecule has 1 amide bonds. The number of likely N-dealkylation sites (N-methyl/N-ethyl adjacent to an activating group) is 1. The maximum absolute atomic E-state index is 11.0. The number of hydrogen-bond donors (Lipinski definition) is 2. The van der Waals surface area contributed by atoms with Gasteiger partial charge in [0.2, 0.25) is 5.91 Å². The average molecular weight is 179 g/mol. The van der Waals surface area contributed by atoms with Crippen LogP contribution < -0.4 is 5.32 Å². The van der Waals surface area contributed by atoms with Crippen molar-refractivity contribution in [1.82, 2.24) is 5.32 Å². The van der Waals surface area contributed by atoms with Gasteiger partial charge in [0.05, 0.1) is 6.42 Å². The smallest absolute Gasteiger partial charge is 0.224 e. The summed E-state index contributed by atoms with van der Waals surface area (Å²) in [6, 6.07) is 5.25. The van der Waals surface area contributed by atoms with Gasteiger partial charge in [0, 0.05) is 7.05 Å². The number of rotatable bonds is 2. The van der Waals surface area contributed by atoms with Crippen LogP contribution in [-0.2, 0) is 11.2 Å². The van der Waals surface area contributed by atoms with E-state index in [9.17, 15) is 9.90 Å². The standard InChI is InChI=1S/C10H13NO2/c1-7-3-4-8(5-9(7)12)6-10(13)11-2/h3-5,12H,6H2,1-2H3,(H,11,13). The van der Waals surface area contributed by atoms with Crippen LogP contribution in [0.3, 0.4) is 0 Å². The van der Waals surface area contributed by atoms with Gasteiger partial charge >= 0.3 is 0 Å². The minimum absolute atomic E-state index is 0.0525. The van der Waals surface area contributed by atoms with Crippen molar-refractivity contribution in [3.8, 4) is 5.75 Å². The molecule has 3 heteroatoms. The number of aromatic hydroxyl groups is 1. The lowest BCUT2D eigenvalue weighted by atomic mass is 10.1. The van der Waals surface area contributed by atoms with Crippen LogP contribution in [0.1, 0.15) is 11.1 Å². The zero-order valence-corrected chi connectivity index (χ0v) is 7.79. The van der Waals surface area contributed by atoms with Gasteiger partial charge in [-0.2, -0.15) is 0 Å². The fourth-order valence-corrected chi connectivity index (χ4v) is 1.04. The second-order valence-corrected chi connectivity index (χ2v) is 2.97. The van der Waals surface area contributed by atoms with Gasteiger partial charge in [-0.25, -0.2) is 0 Å². The van der Waals surface area contributed by atoms with Gasteiger partial charge in [0.1, 0.15) is 5.75 Å². The van der Waals surface area contributed by atoms with E-state index in [0.29, 0.717) is 6.42 Å². The van der Waals surface area contributed by atoms with Gasteiger partial charge in [-0.3, -0.25) is 4.79 Å². The van der Waals surface area contributed by atoms with Crippen LogP contribution in [0.2, 0.25) is 0 Å². The summed E-state index contributed by atoms with van der Waals surface area (Å²) in [7, 11) is 1.59. The molecular formula is C10H13NO2. The first-order valence-electron chi connectivity index (χ1n) is 4.12. The fraction of sp³-hybridized carbons (Fsp3) is 0.300. The number of amides is 1. The second-order valence-electron chi connectivity index (χ2n) is 2.97. The monoisotopic (exact) mass is 179 g/mol. The Labute approximate surface area is 77.4 Å². The number of aryl methyl sites for hydroxylation is 1. The number of nitrogens with one attached hydrogen (secondary N) is 1. The molecule has 0 atom stereocenters. The molecule has 0 aromatic heterocycles. The largest absolute Gasteiger partial charge is 0.508 e. The van der Waals surface area contributed by atoms with Crippen molar-refractivity contribution in [1.29, 1.82) is 0 Å². The lowest BCUT2D eigenvalue weighted by Gasteiger charge is -2.03. The molecule has 0 spiro atoms. The topological polar surface area (TPSA) is 49.3 Å². The Morgan fingerprint density at radius 1 is 1.54 bits per heavy atom. The number of benzene rings is 1. The molecule has 2 N–H and O–H groups in total. The van der Waals surface area contributed by atoms with Crippen LogP contribution >= 0.6 is 0 Å². The zero-order valence-electron chi connectivity index (χ0n) is 7.79. The van der Waals surface area contributed by atoms with Crippen molar-refractivity contribution in [3.63, 3.8) is 0 Å². The molecular weight excluding hydrogens is 166 g/mol. The molecule has 1 rings (SSSR count). The van der Waals surface area contributed by atoms with E-state index in [4.69, 9.17) is 0 Å². The van der Waals surface area contributed by atoms with E-state index in [1.54, 1.807) is 19.2 Å². The molecule has 70 valence electrons. The zero-order chi connectivity index (χ0) is 9.84. The minimum Gasteiger partial charge on any atom is -0.508 e. The van der Waals surface area contributed by atoms with Crippen LogP contribution in [-0.4, -0.2) is 18.1 Å². The molecule has 0 fully saturated rings. The van der Waals surface area contributed by atoms with Gasteiger partial charge in [0.15, 0.2) is 0 Å². The summed E-state index contributed by atoms with van der Waals surface area (Å²) < 4.78 is 0. The maximum atomic E-state index is 11.0. The van der Waals surface area contributed by atoms with E-state index < -0.39 is 0 Å². The summed E-state index contributed by atoms with van der Waals surface area (Å²) in [5.41, 5.74) is 1.64. The highest BCUT2D eigenvalue weighted by atomic mass is 16.3. The summed E-state index contributed by atoms with van der Waals surface area (Å²) in [5.74, 6) is 0.185. The predicted molar refractivity (Wildman–Crippen MR) is 50.6 cm³/mol. The third-order valence-corrected chi connectivity index (χ3v) is 1.92. The van der Waals surface area contributed by atoms with Crippen molar-refractivity contribution in [2.45, 2.75) is 13.3 Å². The predicted octanol–water partition coefficient (Wildman–Crippen LogP) is 0.989. The Hall–Kier alpha value is -1.51. The quantitative estimate of drug-likeness (QED) is 0.711. The van der Waals surface area contributed by atoms with Gasteiger partial charge in [-0.15, -0.1) is 0 Å². The van der Waals surface area contributed by atoms with Crippen LogP contribution in [0, 0.1) is 6.92 Å². The minimum atomic E-state index is -0.0525. The van der Waals surface area contributed by atoms with Crippen molar-refractivity contribution >= 4 is 5.91 Å². The normalized spacial score (nSPS) is 9.69. The summed E-state index contributed by atoms with van der Waals surface area (Å²) in [5, 5.41) is 11.9. The molecule has 0 bridgehead atoms. The molecule has 0 heterocycles. The first-order chi connectivity index (χ1) is 6.13. The second kappa shape index (κ2) is 3.94. The first-order valence-corrected chi connectivity index (χ1v) is 4.12. The highest BCUT2D eigenvalue weighted by Gasteiger charge is 2.02. The molecule has 0 saturated heterocycles. The molecule has 13 heavy (non-hydrogen) atoms. The highest BCUT2D eigenvalue weighted by Crippen LogP contribution is 2.17. The Balaban J connectivity index is 2.79. The van der Waals surface area contributed by atoms with Crippen LogP contribution in [0.5, 0.6) is 5.75 Å². The summed E-state index contributed by atoms with van der Waals surface area (Å²) >= 11 is 0. The number of carbonyl (C=O) groups is 1. The fourth-order valence-electron chi connectivity index (χ4n) is 1.04. The molecule has 0 aliphatic heterocycles. The molecule has 1 aromatic carbocycles. The molecule has 0 unspecified atom stereocenters. The van der Waals surface area contributed by atoms with Gasteiger partial charge < -0.3 is 10.4 Å². The number of phenols is 1. The molecule has 0 saturated carbocycles. The Bertz CT molecular complexity index is 321. The summed E-state index contributed by atoms with van der Waals surface area (Å²) in [6.07, 6.45) is 0.310. The Morgan fingerprint density at radius 2 is 2.23 bits per heavy atom. The molecule has 0 aliphatic carbocycles. The van der Waals surface area contributed by atoms with E-state index in [1.807, 2.05) is 13.0 Å². The molecule has 0 radical (unpaired) electrons. The molecule has 3 nitrogen and oxygen atoms in total. The lowest BCUT2D eigenvalue weighted by molar-refractivity contribution is -0.119. The van der Waals surface area contributed by atoms with Gasteiger partial charge in [-0.05, 0) is 24.1 Å². The maximum Gasteiger partial charge on any atom is 0.224 e. The van der Waals surface area contributed by atoms with E-state index >= 15 is 0 Å². The van der Waals surface area contributed by atoms with Crippen LogP contribution in [0.15, 0.2) is 18.2 Å². The summed E-state index contributed by atoms with van der Waals surface area (Å²) in [4.78, 5) is 11.0. The van der Waals surface area contributed by atoms with E-state index in [-0.39, 0.29) is 11.7 Å². The van der Waals surface area contributed by atoms with Gasteiger partial charge in [0.25, 0.3) is 0 Å². The lowest BCUT2D eigenvalue weighted by Crippen LogP contribution is -2.19. The first kappa shape index (κ1) is 9.58. The Morgan fingerprint density at radius 3 is 2.77 bits per heavy atom. The molecule has 1 aromatic rings. The third kappa shape index (κ3) is 2.47. The number of hydrogen-bond acceptors (Lipinski definition) is 2.